The zero-order chi connectivity index (χ0) is 21.3. The molecule has 1 aliphatic heterocycles. The highest BCUT2D eigenvalue weighted by molar-refractivity contribution is 5.59. The number of hydrogen-bond acceptors (Lipinski definition) is 6. The zero-order valence-electron chi connectivity index (χ0n) is 17.7. The number of nitrogens with zero attached hydrogens (tertiary/aromatic N) is 2. The number of aryl methyl sites for hydroxylation is 1. The number of aromatic nitrogens is 2. The lowest BCUT2D eigenvalue weighted by Crippen LogP contribution is -2.30. The van der Waals surface area contributed by atoms with Gasteiger partial charge in [-0.25, -0.2) is 4.68 Å². The first-order valence-corrected chi connectivity index (χ1v) is 9.88. The van der Waals surface area contributed by atoms with Gasteiger partial charge in [0.05, 0.1) is 12.3 Å². The van der Waals surface area contributed by atoms with Crippen molar-refractivity contribution in [2.45, 2.75) is 39.2 Å². The summed E-state index contributed by atoms with van der Waals surface area (Å²) in [6.45, 7) is 8.88. The van der Waals surface area contributed by atoms with Crippen LogP contribution in [0.4, 0.5) is 0 Å². The molecule has 1 fully saturated rings. The van der Waals surface area contributed by atoms with Crippen molar-refractivity contribution in [1.29, 1.82) is 0 Å². The first-order chi connectivity index (χ1) is 13.8. The van der Waals surface area contributed by atoms with Gasteiger partial charge in [-0.2, -0.15) is 5.10 Å². The minimum Gasteiger partial charge on any atom is -0.493 e. The molecule has 1 aromatic heterocycles. The normalized spacial score (nSPS) is 14.5. The van der Waals surface area contributed by atoms with Crippen LogP contribution in [0.1, 0.15) is 33.6 Å². The number of carbonyl (C=O) groups is 1. The van der Waals surface area contributed by atoms with E-state index in [1.807, 2.05) is 45.0 Å². The Balaban J connectivity index is 0.000000370. The Morgan fingerprint density at radius 3 is 2.31 bits per heavy atom. The SMILES string of the molecule is CC(C)(C)OC=O.Cn1nc(-c2ccc(OCC3CCNCC3)cc2)ccc1=O. The molecule has 1 saturated heterocycles. The van der Waals surface area contributed by atoms with E-state index in [1.54, 1.807) is 13.1 Å². The zero-order valence-corrected chi connectivity index (χ0v) is 17.7. The number of rotatable bonds is 5. The van der Waals surface area contributed by atoms with Crippen molar-refractivity contribution in [2.75, 3.05) is 19.7 Å². The summed E-state index contributed by atoms with van der Waals surface area (Å²) in [5.41, 5.74) is 1.34. The van der Waals surface area contributed by atoms with E-state index in [4.69, 9.17) is 4.74 Å². The van der Waals surface area contributed by atoms with Crippen LogP contribution >= 0.6 is 0 Å². The maximum atomic E-state index is 11.4. The third-order valence-corrected chi connectivity index (χ3v) is 4.46. The highest BCUT2D eigenvalue weighted by Gasteiger charge is 2.13. The van der Waals surface area contributed by atoms with Gasteiger partial charge in [-0.15, -0.1) is 0 Å². The van der Waals surface area contributed by atoms with Crippen molar-refractivity contribution in [2.24, 2.45) is 13.0 Å². The molecule has 158 valence electrons. The van der Waals surface area contributed by atoms with E-state index >= 15 is 0 Å². The topological polar surface area (TPSA) is 82.5 Å². The molecule has 1 aromatic carbocycles. The molecule has 1 N–H and O–H groups in total. The second kappa shape index (κ2) is 10.8. The molecular formula is C22H31N3O4. The molecule has 29 heavy (non-hydrogen) atoms. The molecule has 7 heteroatoms. The van der Waals surface area contributed by atoms with Gasteiger partial charge in [0, 0.05) is 18.7 Å². The minimum atomic E-state index is -0.318. The summed E-state index contributed by atoms with van der Waals surface area (Å²) in [4.78, 5) is 21.0. The van der Waals surface area contributed by atoms with Crippen LogP contribution in [-0.2, 0) is 16.6 Å². The highest BCUT2D eigenvalue weighted by Crippen LogP contribution is 2.21. The first kappa shape index (κ1) is 22.6. The van der Waals surface area contributed by atoms with Gasteiger partial charge in [0.1, 0.15) is 11.4 Å². The number of ether oxygens (including phenoxy) is 2. The van der Waals surface area contributed by atoms with Gasteiger partial charge in [-0.1, -0.05) is 0 Å². The Morgan fingerprint density at radius 1 is 1.14 bits per heavy atom. The average Bonchev–Trinajstić information content (AvgIpc) is 2.69. The quantitative estimate of drug-likeness (QED) is 0.776. The van der Waals surface area contributed by atoms with Crippen LogP contribution in [0.25, 0.3) is 11.3 Å². The van der Waals surface area contributed by atoms with Crippen LogP contribution in [0.15, 0.2) is 41.2 Å². The largest absolute Gasteiger partial charge is 0.493 e. The van der Waals surface area contributed by atoms with Crippen LogP contribution < -0.4 is 15.6 Å². The van der Waals surface area contributed by atoms with Gasteiger partial charge < -0.3 is 14.8 Å². The van der Waals surface area contributed by atoms with Gasteiger partial charge in [0.2, 0.25) is 0 Å². The highest BCUT2D eigenvalue weighted by atomic mass is 16.5. The molecule has 0 atom stereocenters. The molecule has 0 radical (unpaired) electrons. The smallest absolute Gasteiger partial charge is 0.293 e. The van der Waals surface area contributed by atoms with Gasteiger partial charge in [-0.05, 0) is 83.0 Å². The summed E-state index contributed by atoms with van der Waals surface area (Å²) < 4.78 is 11.8. The molecule has 2 heterocycles. The van der Waals surface area contributed by atoms with E-state index in [0.29, 0.717) is 12.4 Å². The fourth-order valence-corrected chi connectivity index (χ4v) is 2.78. The molecule has 7 nitrogen and oxygen atoms in total. The summed E-state index contributed by atoms with van der Waals surface area (Å²) in [7, 11) is 1.66. The van der Waals surface area contributed by atoms with Crippen molar-refractivity contribution in [1.82, 2.24) is 15.1 Å². The fraction of sp³-hybridized carbons (Fsp3) is 0.500. The minimum absolute atomic E-state index is 0.106. The molecule has 0 bridgehead atoms. The van der Waals surface area contributed by atoms with Gasteiger partial charge in [0.25, 0.3) is 12.0 Å². The van der Waals surface area contributed by atoms with E-state index < -0.39 is 0 Å². The maximum Gasteiger partial charge on any atom is 0.293 e. The number of piperidine rings is 1. The predicted octanol–water partition coefficient (Wildman–Crippen LogP) is 2.78. The lowest BCUT2D eigenvalue weighted by Gasteiger charge is -2.22. The van der Waals surface area contributed by atoms with E-state index in [9.17, 15) is 9.59 Å². The molecule has 1 aliphatic rings. The summed E-state index contributed by atoms with van der Waals surface area (Å²) in [5, 5.41) is 7.61. The van der Waals surface area contributed by atoms with Crippen LogP contribution in [0.3, 0.4) is 0 Å². The number of benzene rings is 1. The Hall–Kier alpha value is -2.67. The van der Waals surface area contributed by atoms with E-state index in [1.165, 1.54) is 23.6 Å². The van der Waals surface area contributed by atoms with E-state index in [-0.39, 0.29) is 11.2 Å². The fourth-order valence-electron chi connectivity index (χ4n) is 2.78. The third kappa shape index (κ3) is 8.07. The summed E-state index contributed by atoms with van der Waals surface area (Å²) in [6, 6.07) is 11.2. The summed E-state index contributed by atoms with van der Waals surface area (Å²) >= 11 is 0. The average molecular weight is 402 g/mol. The van der Waals surface area contributed by atoms with Gasteiger partial charge in [0.15, 0.2) is 0 Å². The van der Waals surface area contributed by atoms with E-state index in [0.717, 1.165) is 36.7 Å². The van der Waals surface area contributed by atoms with Crippen LogP contribution in [0, 0.1) is 5.92 Å². The van der Waals surface area contributed by atoms with Crippen LogP contribution in [-0.4, -0.2) is 41.6 Å². The monoisotopic (exact) mass is 401 g/mol. The molecule has 3 rings (SSSR count). The van der Waals surface area contributed by atoms with Crippen molar-refractivity contribution in [3.8, 4) is 17.0 Å². The maximum absolute atomic E-state index is 11.4. The molecule has 0 saturated carbocycles. The van der Waals surface area contributed by atoms with Crippen molar-refractivity contribution in [3.63, 3.8) is 0 Å². The number of nitrogens with one attached hydrogen (secondary N) is 1. The lowest BCUT2D eigenvalue weighted by atomic mass is 9.99. The second-order valence-corrected chi connectivity index (χ2v) is 8.04. The predicted molar refractivity (Wildman–Crippen MR) is 113 cm³/mol. The third-order valence-electron chi connectivity index (χ3n) is 4.46. The van der Waals surface area contributed by atoms with Crippen molar-refractivity contribution >= 4 is 6.47 Å². The van der Waals surface area contributed by atoms with Crippen molar-refractivity contribution < 1.29 is 14.3 Å². The summed E-state index contributed by atoms with van der Waals surface area (Å²) in [6.07, 6.45) is 2.36. The van der Waals surface area contributed by atoms with E-state index in [2.05, 4.69) is 15.2 Å². The Kier molecular flexibility index (Phi) is 8.39. The molecule has 2 aromatic rings. The van der Waals surface area contributed by atoms with Crippen molar-refractivity contribution in [3.05, 3.63) is 46.8 Å². The van der Waals surface area contributed by atoms with Crippen LogP contribution in [0.5, 0.6) is 5.75 Å². The Labute approximate surface area is 172 Å². The molecule has 0 amide bonds. The summed E-state index contributed by atoms with van der Waals surface area (Å²) in [5.74, 6) is 1.53. The number of carbonyl (C=O) groups excluding carboxylic acids is 1. The molecule has 0 spiro atoms. The standard InChI is InChI=1S/C17H21N3O2.C5H10O2/c1-20-17(21)7-6-16(19-20)14-2-4-15(5-3-14)22-12-13-8-10-18-11-9-13;1-5(2,3)7-4-6/h2-7,13,18H,8-12H2,1H3;4H,1-3H3. The Morgan fingerprint density at radius 2 is 1.79 bits per heavy atom. The number of hydrogen-bond donors (Lipinski definition) is 1. The lowest BCUT2D eigenvalue weighted by molar-refractivity contribution is -0.138. The molecule has 0 unspecified atom stereocenters. The van der Waals surface area contributed by atoms with Crippen LogP contribution in [0.2, 0.25) is 0 Å². The molecule has 0 aliphatic carbocycles. The molecular weight excluding hydrogens is 370 g/mol. The second-order valence-electron chi connectivity index (χ2n) is 8.04. The van der Waals surface area contributed by atoms with Gasteiger partial charge in [-0.3, -0.25) is 9.59 Å². The van der Waals surface area contributed by atoms with Gasteiger partial charge >= 0.3 is 0 Å². The Bertz CT molecular complexity index is 819. The first-order valence-electron chi connectivity index (χ1n) is 9.88.